The average Bonchev–Trinajstić information content (AvgIpc) is 2.50. The fourth-order valence-corrected chi connectivity index (χ4v) is 2.11. The van der Waals surface area contributed by atoms with Crippen molar-refractivity contribution in [2.75, 3.05) is 38.8 Å². The van der Waals surface area contributed by atoms with E-state index in [1.165, 1.54) is 16.5 Å². The number of nitrogens with one attached hydrogen (secondary N) is 1. The Morgan fingerprint density at radius 1 is 0.900 bits per heavy atom. The molecule has 0 aromatic heterocycles. The molecule has 0 aliphatic rings. The number of fused-ring (bicyclic) bond motifs is 1. The molecule has 2 rings (SSSR count). The van der Waals surface area contributed by atoms with Gasteiger partial charge >= 0.3 is 0 Å². The first-order chi connectivity index (χ1) is 9.90. The third kappa shape index (κ3) is 4.83. The molecule has 0 saturated heterocycles. The summed E-state index contributed by atoms with van der Waals surface area (Å²) in [5.74, 6) is 0. The lowest BCUT2D eigenvalue weighted by Gasteiger charge is -2.08. The number of benzene rings is 2. The first-order valence-corrected chi connectivity index (χ1v) is 7.19. The number of hydrogen-bond acceptors (Lipinski definition) is 3. The predicted molar refractivity (Wildman–Crippen MR) is 84.4 cm³/mol. The van der Waals surface area contributed by atoms with Gasteiger partial charge in [0.1, 0.15) is 0 Å². The Balaban J connectivity index is 1.65. The average molecular weight is 273 g/mol. The smallest absolute Gasteiger partial charge is 0.0700 e. The van der Waals surface area contributed by atoms with E-state index in [0.717, 1.165) is 26.0 Å². The molecule has 0 radical (unpaired) electrons. The minimum absolute atomic E-state index is 0.676. The molecule has 3 nitrogen and oxygen atoms in total. The number of unbranched alkanes of at least 4 members (excludes halogenated alkanes) is 1. The number of rotatable bonds is 9. The number of ether oxygens (including phenoxy) is 2. The van der Waals surface area contributed by atoms with Gasteiger partial charge in [-0.15, -0.1) is 0 Å². The van der Waals surface area contributed by atoms with Gasteiger partial charge in [0, 0.05) is 25.9 Å². The minimum atomic E-state index is 0.676. The first kappa shape index (κ1) is 14.8. The third-order valence-electron chi connectivity index (χ3n) is 3.23. The largest absolute Gasteiger partial charge is 0.385 e. The van der Waals surface area contributed by atoms with Crippen LogP contribution in [0.2, 0.25) is 0 Å². The standard InChI is InChI=1S/C17H23NO2/c1-19-12-13-20-11-5-4-10-18-17-9-8-15-6-2-3-7-16(15)14-17/h2-3,6-9,14,18H,4-5,10-13H2,1H3. The van der Waals surface area contributed by atoms with E-state index in [1.54, 1.807) is 7.11 Å². The van der Waals surface area contributed by atoms with Gasteiger partial charge in [-0.25, -0.2) is 0 Å². The molecular weight excluding hydrogens is 250 g/mol. The van der Waals surface area contributed by atoms with E-state index in [-0.39, 0.29) is 0 Å². The molecule has 0 fully saturated rings. The van der Waals surface area contributed by atoms with Crippen molar-refractivity contribution in [3.05, 3.63) is 42.5 Å². The van der Waals surface area contributed by atoms with Crippen molar-refractivity contribution in [2.45, 2.75) is 12.8 Å². The van der Waals surface area contributed by atoms with Crippen LogP contribution >= 0.6 is 0 Å². The summed E-state index contributed by atoms with van der Waals surface area (Å²) in [6.07, 6.45) is 2.18. The second-order valence-electron chi connectivity index (χ2n) is 4.80. The molecule has 0 aliphatic heterocycles. The summed E-state index contributed by atoms with van der Waals surface area (Å²) in [6.45, 7) is 3.15. The predicted octanol–water partition coefficient (Wildman–Crippen LogP) is 3.69. The van der Waals surface area contributed by atoms with Crippen LogP contribution < -0.4 is 5.32 Å². The van der Waals surface area contributed by atoms with Crippen LogP contribution in [0.5, 0.6) is 0 Å². The number of methoxy groups -OCH3 is 1. The topological polar surface area (TPSA) is 30.5 Å². The number of hydrogen-bond donors (Lipinski definition) is 1. The van der Waals surface area contributed by atoms with Gasteiger partial charge in [-0.3, -0.25) is 0 Å². The molecule has 0 spiro atoms. The van der Waals surface area contributed by atoms with E-state index >= 15 is 0 Å². The summed E-state index contributed by atoms with van der Waals surface area (Å²) in [6, 6.07) is 14.9. The molecular formula is C17H23NO2. The zero-order valence-corrected chi connectivity index (χ0v) is 12.1. The molecule has 0 saturated carbocycles. The Hall–Kier alpha value is -1.58. The van der Waals surface area contributed by atoms with Crippen LogP contribution in [0.3, 0.4) is 0 Å². The highest BCUT2D eigenvalue weighted by molar-refractivity contribution is 5.85. The Morgan fingerprint density at radius 3 is 2.60 bits per heavy atom. The fourth-order valence-electron chi connectivity index (χ4n) is 2.11. The SMILES string of the molecule is COCCOCCCCNc1ccc2ccccc2c1. The Bertz CT molecular complexity index is 513. The van der Waals surface area contributed by atoms with Crippen LogP contribution in [0.25, 0.3) is 10.8 Å². The van der Waals surface area contributed by atoms with Gasteiger partial charge in [0.05, 0.1) is 13.2 Å². The van der Waals surface area contributed by atoms with Crippen LogP contribution in [-0.2, 0) is 9.47 Å². The molecule has 1 N–H and O–H groups in total. The molecule has 0 heterocycles. The molecule has 20 heavy (non-hydrogen) atoms. The molecule has 0 unspecified atom stereocenters. The summed E-state index contributed by atoms with van der Waals surface area (Å²) < 4.78 is 10.4. The highest BCUT2D eigenvalue weighted by atomic mass is 16.5. The molecule has 2 aromatic carbocycles. The van der Waals surface area contributed by atoms with E-state index in [2.05, 4.69) is 47.8 Å². The van der Waals surface area contributed by atoms with E-state index in [1.807, 2.05) is 0 Å². The summed E-state index contributed by atoms with van der Waals surface area (Å²) in [5, 5.41) is 6.02. The van der Waals surface area contributed by atoms with E-state index in [0.29, 0.717) is 13.2 Å². The van der Waals surface area contributed by atoms with Crippen molar-refractivity contribution in [3.8, 4) is 0 Å². The van der Waals surface area contributed by atoms with E-state index < -0.39 is 0 Å². The molecule has 0 aliphatic carbocycles. The van der Waals surface area contributed by atoms with Crippen molar-refractivity contribution >= 4 is 16.5 Å². The molecule has 0 bridgehead atoms. The highest BCUT2D eigenvalue weighted by Crippen LogP contribution is 2.18. The second kappa shape index (κ2) is 8.56. The van der Waals surface area contributed by atoms with Crippen LogP contribution in [-0.4, -0.2) is 33.5 Å². The minimum Gasteiger partial charge on any atom is -0.385 e. The van der Waals surface area contributed by atoms with Crippen molar-refractivity contribution in [1.29, 1.82) is 0 Å². The van der Waals surface area contributed by atoms with E-state index in [9.17, 15) is 0 Å². The lowest BCUT2D eigenvalue weighted by Crippen LogP contribution is -2.06. The Kier molecular flexibility index (Phi) is 6.35. The Morgan fingerprint density at radius 2 is 1.75 bits per heavy atom. The summed E-state index contributed by atoms with van der Waals surface area (Å²) in [4.78, 5) is 0. The summed E-state index contributed by atoms with van der Waals surface area (Å²) in [5.41, 5.74) is 1.18. The zero-order chi connectivity index (χ0) is 14.0. The summed E-state index contributed by atoms with van der Waals surface area (Å²) in [7, 11) is 1.69. The lowest BCUT2D eigenvalue weighted by atomic mass is 10.1. The molecule has 0 amide bonds. The van der Waals surface area contributed by atoms with Crippen molar-refractivity contribution < 1.29 is 9.47 Å². The highest BCUT2D eigenvalue weighted by Gasteiger charge is 1.96. The number of anilines is 1. The van der Waals surface area contributed by atoms with Crippen molar-refractivity contribution in [2.24, 2.45) is 0 Å². The molecule has 2 aromatic rings. The third-order valence-corrected chi connectivity index (χ3v) is 3.23. The molecule has 3 heteroatoms. The van der Waals surface area contributed by atoms with Crippen LogP contribution in [0.4, 0.5) is 5.69 Å². The van der Waals surface area contributed by atoms with Crippen LogP contribution in [0.15, 0.2) is 42.5 Å². The van der Waals surface area contributed by atoms with Crippen molar-refractivity contribution in [1.82, 2.24) is 0 Å². The second-order valence-corrected chi connectivity index (χ2v) is 4.80. The lowest BCUT2D eigenvalue weighted by molar-refractivity contribution is 0.0691. The van der Waals surface area contributed by atoms with E-state index in [4.69, 9.17) is 9.47 Å². The van der Waals surface area contributed by atoms with Crippen LogP contribution in [0, 0.1) is 0 Å². The first-order valence-electron chi connectivity index (χ1n) is 7.19. The van der Waals surface area contributed by atoms with Gasteiger partial charge in [-0.1, -0.05) is 30.3 Å². The fraction of sp³-hybridized carbons (Fsp3) is 0.412. The normalized spacial score (nSPS) is 10.8. The maximum absolute atomic E-state index is 5.43. The summed E-state index contributed by atoms with van der Waals surface area (Å²) >= 11 is 0. The van der Waals surface area contributed by atoms with Crippen molar-refractivity contribution in [3.63, 3.8) is 0 Å². The van der Waals surface area contributed by atoms with Gasteiger partial charge in [-0.2, -0.15) is 0 Å². The molecule has 0 atom stereocenters. The van der Waals surface area contributed by atoms with Gasteiger partial charge in [0.15, 0.2) is 0 Å². The van der Waals surface area contributed by atoms with Gasteiger partial charge < -0.3 is 14.8 Å². The van der Waals surface area contributed by atoms with Crippen LogP contribution in [0.1, 0.15) is 12.8 Å². The Labute approximate surface area is 120 Å². The molecule has 108 valence electrons. The monoisotopic (exact) mass is 273 g/mol. The zero-order valence-electron chi connectivity index (χ0n) is 12.1. The quantitative estimate of drug-likeness (QED) is 0.707. The van der Waals surface area contributed by atoms with Gasteiger partial charge in [-0.05, 0) is 35.7 Å². The maximum Gasteiger partial charge on any atom is 0.0700 e. The van der Waals surface area contributed by atoms with Gasteiger partial charge in [0.2, 0.25) is 0 Å². The van der Waals surface area contributed by atoms with Gasteiger partial charge in [0.25, 0.3) is 0 Å². The maximum atomic E-state index is 5.43.